The number of aryl methyl sites for hydroxylation is 1. The number of nitrogens with zero attached hydrogens (tertiary/aromatic N) is 3. The van der Waals surface area contributed by atoms with Crippen LogP contribution in [0.3, 0.4) is 0 Å². The van der Waals surface area contributed by atoms with Crippen LogP contribution in [0.1, 0.15) is 11.1 Å². The van der Waals surface area contributed by atoms with Crippen LogP contribution in [0.25, 0.3) is 23.0 Å². The van der Waals surface area contributed by atoms with Crippen LogP contribution in [-0.4, -0.2) is 15.7 Å². The van der Waals surface area contributed by atoms with Crippen LogP contribution >= 0.6 is 0 Å². The van der Waals surface area contributed by atoms with Gasteiger partial charge in [0.2, 0.25) is 0 Å². The van der Waals surface area contributed by atoms with Gasteiger partial charge in [0.25, 0.3) is 0 Å². The average molecular weight is 346 g/mol. The molecule has 0 amide bonds. The van der Waals surface area contributed by atoms with Gasteiger partial charge in [0.15, 0.2) is 0 Å². The highest BCUT2D eigenvalue weighted by Gasteiger charge is 2.12. The van der Waals surface area contributed by atoms with Gasteiger partial charge in [-0.2, -0.15) is 10.4 Å². The lowest BCUT2D eigenvalue weighted by Gasteiger charge is -2.02. The van der Waals surface area contributed by atoms with Gasteiger partial charge in [0, 0.05) is 17.3 Å². The van der Waals surface area contributed by atoms with Crippen LogP contribution in [0, 0.1) is 24.1 Å². The standard InChI is InChI=1S/C20H14FN3O2/c1-13-2-4-14(5-3-13)19-16(10-15(11-22)20(25)26)12-24(23-19)18-8-6-17(21)7-9-18/h2-10,12H,1H3,(H,25,26)/p-1/b15-10+. The number of hydrogen-bond acceptors (Lipinski definition) is 4. The van der Waals surface area contributed by atoms with E-state index in [4.69, 9.17) is 5.26 Å². The summed E-state index contributed by atoms with van der Waals surface area (Å²) in [5.41, 5.74) is 2.88. The number of benzene rings is 2. The molecule has 26 heavy (non-hydrogen) atoms. The average Bonchev–Trinajstić information content (AvgIpc) is 3.04. The lowest BCUT2D eigenvalue weighted by molar-refractivity contribution is -0.298. The monoisotopic (exact) mass is 346 g/mol. The van der Waals surface area contributed by atoms with Gasteiger partial charge in [-0.3, -0.25) is 0 Å². The number of carboxylic acids is 1. The first-order valence-electron chi connectivity index (χ1n) is 7.74. The van der Waals surface area contributed by atoms with E-state index >= 15 is 0 Å². The van der Waals surface area contributed by atoms with Gasteiger partial charge in [-0.25, -0.2) is 9.07 Å². The molecule has 6 heteroatoms. The highest BCUT2D eigenvalue weighted by molar-refractivity contribution is 5.96. The van der Waals surface area contributed by atoms with Crippen molar-refractivity contribution >= 4 is 12.0 Å². The summed E-state index contributed by atoms with van der Waals surface area (Å²) in [4.78, 5) is 11.1. The fourth-order valence-electron chi connectivity index (χ4n) is 2.45. The topological polar surface area (TPSA) is 81.7 Å². The van der Waals surface area contributed by atoms with Crippen molar-refractivity contribution in [1.82, 2.24) is 9.78 Å². The molecule has 0 bridgehead atoms. The summed E-state index contributed by atoms with van der Waals surface area (Å²) in [5.74, 6) is -1.93. The third kappa shape index (κ3) is 3.52. The van der Waals surface area contributed by atoms with Gasteiger partial charge >= 0.3 is 0 Å². The van der Waals surface area contributed by atoms with Crippen molar-refractivity contribution in [2.45, 2.75) is 6.92 Å². The summed E-state index contributed by atoms with van der Waals surface area (Å²) in [6.45, 7) is 1.95. The van der Waals surface area contributed by atoms with Gasteiger partial charge in [0.1, 0.15) is 11.9 Å². The lowest BCUT2D eigenvalue weighted by atomic mass is 10.0. The second-order valence-corrected chi connectivity index (χ2v) is 5.68. The van der Waals surface area contributed by atoms with Gasteiger partial charge in [0.05, 0.1) is 22.9 Å². The van der Waals surface area contributed by atoms with E-state index in [2.05, 4.69) is 5.10 Å². The number of aliphatic carboxylic acids is 1. The number of halogens is 1. The zero-order valence-corrected chi connectivity index (χ0v) is 13.8. The second kappa shape index (κ2) is 7.03. The Kier molecular flexibility index (Phi) is 4.63. The van der Waals surface area contributed by atoms with Crippen LogP contribution in [0.4, 0.5) is 4.39 Å². The normalized spacial score (nSPS) is 11.2. The molecule has 0 unspecified atom stereocenters. The molecular formula is C20H13FN3O2-. The maximum atomic E-state index is 13.1. The van der Waals surface area contributed by atoms with Crippen molar-refractivity contribution < 1.29 is 14.3 Å². The minimum absolute atomic E-state index is 0.372. The van der Waals surface area contributed by atoms with E-state index in [0.29, 0.717) is 16.9 Å². The van der Waals surface area contributed by atoms with Crippen LogP contribution in [-0.2, 0) is 4.79 Å². The van der Waals surface area contributed by atoms with Crippen molar-refractivity contribution in [2.75, 3.05) is 0 Å². The molecule has 0 fully saturated rings. The molecule has 3 rings (SSSR count). The van der Waals surface area contributed by atoms with E-state index in [1.165, 1.54) is 22.9 Å². The molecule has 0 saturated heterocycles. The fraction of sp³-hybridized carbons (Fsp3) is 0.0500. The predicted molar refractivity (Wildman–Crippen MR) is 92.3 cm³/mol. The SMILES string of the molecule is Cc1ccc(-c2nn(-c3ccc(F)cc3)cc2/C=C(\C#N)C(=O)[O-])cc1. The Bertz CT molecular complexity index is 1030. The number of carbonyl (C=O) groups excluding carboxylic acids is 1. The van der Waals surface area contributed by atoms with E-state index in [-0.39, 0.29) is 5.82 Å². The number of aromatic nitrogens is 2. The van der Waals surface area contributed by atoms with Crippen molar-refractivity contribution in [3.8, 4) is 23.0 Å². The maximum absolute atomic E-state index is 13.1. The molecule has 3 aromatic rings. The molecule has 128 valence electrons. The first kappa shape index (κ1) is 17.1. The summed E-state index contributed by atoms with van der Waals surface area (Å²) in [6, 6.07) is 14.9. The Morgan fingerprint density at radius 3 is 2.42 bits per heavy atom. The van der Waals surface area contributed by atoms with Gasteiger partial charge < -0.3 is 9.90 Å². The molecule has 0 saturated carbocycles. The molecule has 1 aromatic heterocycles. The zero-order chi connectivity index (χ0) is 18.7. The molecular weight excluding hydrogens is 333 g/mol. The van der Waals surface area contributed by atoms with Crippen LogP contribution < -0.4 is 5.11 Å². The molecule has 0 atom stereocenters. The summed E-state index contributed by atoms with van der Waals surface area (Å²) >= 11 is 0. The van der Waals surface area contributed by atoms with Crippen molar-refractivity contribution in [3.05, 3.63) is 77.2 Å². The van der Waals surface area contributed by atoms with Crippen LogP contribution in [0.2, 0.25) is 0 Å². The number of carbonyl (C=O) groups is 1. The Morgan fingerprint density at radius 1 is 1.19 bits per heavy atom. The van der Waals surface area contributed by atoms with Gasteiger partial charge in [-0.1, -0.05) is 29.8 Å². The third-order valence-electron chi connectivity index (χ3n) is 3.80. The first-order chi connectivity index (χ1) is 12.5. The van der Waals surface area contributed by atoms with E-state index in [0.717, 1.165) is 11.1 Å². The summed E-state index contributed by atoms with van der Waals surface area (Å²) < 4.78 is 14.7. The highest BCUT2D eigenvalue weighted by atomic mass is 19.1. The molecule has 1 heterocycles. The Morgan fingerprint density at radius 2 is 1.85 bits per heavy atom. The maximum Gasteiger partial charge on any atom is 0.123 e. The molecule has 0 aliphatic heterocycles. The zero-order valence-electron chi connectivity index (χ0n) is 13.8. The molecule has 5 nitrogen and oxygen atoms in total. The Hall–Kier alpha value is -3.72. The van der Waals surface area contributed by atoms with Gasteiger partial charge in [-0.15, -0.1) is 0 Å². The van der Waals surface area contributed by atoms with E-state index in [9.17, 15) is 14.3 Å². The number of hydrogen-bond donors (Lipinski definition) is 0. The summed E-state index contributed by atoms with van der Waals surface area (Å²) in [6.07, 6.45) is 2.81. The lowest BCUT2D eigenvalue weighted by Crippen LogP contribution is -2.23. The summed E-state index contributed by atoms with van der Waals surface area (Å²) in [5, 5.41) is 24.6. The largest absolute Gasteiger partial charge is 0.544 e. The smallest absolute Gasteiger partial charge is 0.123 e. The predicted octanol–water partition coefficient (Wildman–Crippen LogP) is 2.64. The fourth-order valence-corrected chi connectivity index (χ4v) is 2.45. The minimum Gasteiger partial charge on any atom is -0.544 e. The first-order valence-corrected chi connectivity index (χ1v) is 7.74. The van der Waals surface area contributed by atoms with E-state index in [1.807, 2.05) is 31.2 Å². The molecule has 0 radical (unpaired) electrons. The van der Waals surface area contributed by atoms with Crippen molar-refractivity contribution in [2.24, 2.45) is 0 Å². The number of nitriles is 1. The summed E-state index contributed by atoms with van der Waals surface area (Å²) in [7, 11) is 0. The third-order valence-corrected chi connectivity index (χ3v) is 3.80. The minimum atomic E-state index is -1.56. The van der Waals surface area contributed by atoms with E-state index in [1.54, 1.807) is 24.4 Å². The quantitative estimate of drug-likeness (QED) is 0.537. The van der Waals surface area contributed by atoms with Crippen molar-refractivity contribution in [1.29, 1.82) is 5.26 Å². The van der Waals surface area contributed by atoms with Crippen molar-refractivity contribution in [3.63, 3.8) is 0 Å². The highest BCUT2D eigenvalue weighted by Crippen LogP contribution is 2.26. The molecule has 0 aliphatic rings. The Balaban J connectivity index is 2.17. The number of carboxylic acid groups (broad SMARTS) is 1. The van der Waals surface area contributed by atoms with Gasteiger partial charge in [-0.05, 0) is 37.3 Å². The van der Waals surface area contributed by atoms with Crippen LogP contribution in [0.5, 0.6) is 0 Å². The molecule has 2 aromatic carbocycles. The Labute approximate surface area is 149 Å². The molecule has 0 aliphatic carbocycles. The van der Waals surface area contributed by atoms with E-state index < -0.39 is 11.5 Å². The second-order valence-electron chi connectivity index (χ2n) is 5.68. The number of rotatable bonds is 4. The molecule has 0 spiro atoms. The molecule has 0 N–H and O–H groups in total. The van der Waals surface area contributed by atoms with Crippen LogP contribution in [0.15, 0.2) is 60.3 Å².